The largest absolute Gasteiger partial charge is 0.454 e. The monoisotopic (exact) mass is 281 g/mol. The second-order valence-electron chi connectivity index (χ2n) is 5.79. The molecule has 0 fully saturated rings. The summed E-state index contributed by atoms with van der Waals surface area (Å²) < 4.78 is 10.8. The molecule has 0 amide bonds. The zero-order valence-electron chi connectivity index (χ0n) is 12.1. The van der Waals surface area contributed by atoms with Crippen LogP contribution in [0.1, 0.15) is 42.1 Å². The van der Waals surface area contributed by atoms with Gasteiger partial charge in [-0.25, -0.2) is 0 Å². The van der Waals surface area contributed by atoms with Crippen LogP contribution in [0, 0.1) is 0 Å². The Morgan fingerprint density at radius 3 is 2.90 bits per heavy atom. The van der Waals surface area contributed by atoms with Crippen LogP contribution in [0.4, 0.5) is 0 Å². The van der Waals surface area contributed by atoms with Crippen LogP contribution >= 0.6 is 0 Å². The van der Waals surface area contributed by atoms with Gasteiger partial charge in [-0.1, -0.05) is 30.3 Å². The third kappa shape index (κ3) is 2.28. The van der Waals surface area contributed by atoms with Crippen LogP contribution in [-0.4, -0.2) is 6.79 Å². The Hall–Kier alpha value is -2.00. The molecular weight excluding hydrogens is 262 g/mol. The van der Waals surface area contributed by atoms with Gasteiger partial charge in [-0.3, -0.25) is 0 Å². The highest BCUT2D eigenvalue weighted by Gasteiger charge is 2.24. The molecule has 108 valence electrons. The predicted molar refractivity (Wildman–Crippen MR) is 81.6 cm³/mol. The van der Waals surface area contributed by atoms with Crippen LogP contribution in [0.2, 0.25) is 0 Å². The molecule has 3 nitrogen and oxygen atoms in total. The maximum absolute atomic E-state index is 5.47. The molecule has 0 spiro atoms. The lowest BCUT2D eigenvalue weighted by atomic mass is 10.0. The van der Waals surface area contributed by atoms with E-state index in [2.05, 4.69) is 48.6 Å². The molecule has 0 saturated heterocycles. The minimum atomic E-state index is 0.288. The second-order valence-corrected chi connectivity index (χ2v) is 5.79. The first-order valence-electron chi connectivity index (χ1n) is 7.54. The molecule has 2 aromatic carbocycles. The molecule has 1 heterocycles. The number of hydrogen-bond acceptors (Lipinski definition) is 3. The molecule has 4 rings (SSSR count). The van der Waals surface area contributed by atoms with E-state index in [1.54, 1.807) is 0 Å². The van der Waals surface area contributed by atoms with Gasteiger partial charge in [0.15, 0.2) is 11.5 Å². The summed E-state index contributed by atoms with van der Waals surface area (Å²) in [4.78, 5) is 0. The van der Waals surface area contributed by atoms with Crippen LogP contribution in [-0.2, 0) is 6.42 Å². The Bertz CT molecular complexity index is 668. The third-order valence-corrected chi connectivity index (χ3v) is 4.48. The summed E-state index contributed by atoms with van der Waals surface area (Å²) in [5.41, 5.74) is 4.17. The van der Waals surface area contributed by atoms with Gasteiger partial charge in [0.25, 0.3) is 0 Å². The van der Waals surface area contributed by atoms with Gasteiger partial charge < -0.3 is 14.8 Å². The van der Waals surface area contributed by atoms with Gasteiger partial charge >= 0.3 is 0 Å². The fourth-order valence-corrected chi connectivity index (χ4v) is 3.31. The first-order valence-corrected chi connectivity index (χ1v) is 7.54. The van der Waals surface area contributed by atoms with Crippen LogP contribution in [0.25, 0.3) is 0 Å². The third-order valence-electron chi connectivity index (χ3n) is 4.48. The van der Waals surface area contributed by atoms with Crippen LogP contribution in [0.5, 0.6) is 11.5 Å². The highest BCUT2D eigenvalue weighted by atomic mass is 16.7. The highest BCUT2D eigenvalue weighted by Crippen LogP contribution is 2.36. The van der Waals surface area contributed by atoms with E-state index in [0.717, 1.165) is 11.5 Å². The number of benzene rings is 2. The number of ether oxygens (including phenoxy) is 2. The van der Waals surface area contributed by atoms with Crippen molar-refractivity contribution in [2.24, 2.45) is 0 Å². The summed E-state index contributed by atoms with van der Waals surface area (Å²) in [6, 6.07) is 15.7. The maximum Gasteiger partial charge on any atom is 0.231 e. The quantitative estimate of drug-likeness (QED) is 0.929. The number of aryl methyl sites for hydroxylation is 1. The van der Waals surface area contributed by atoms with Crippen molar-refractivity contribution in [2.75, 3.05) is 6.79 Å². The summed E-state index contributed by atoms with van der Waals surface area (Å²) in [6.45, 7) is 2.54. The average Bonchev–Trinajstić information content (AvgIpc) is 3.13. The first-order chi connectivity index (χ1) is 10.3. The van der Waals surface area contributed by atoms with Crippen molar-refractivity contribution in [1.29, 1.82) is 0 Å². The smallest absolute Gasteiger partial charge is 0.231 e. The summed E-state index contributed by atoms with van der Waals surface area (Å²) >= 11 is 0. The number of rotatable bonds is 3. The minimum Gasteiger partial charge on any atom is -0.454 e. The molecule has 2 atom stereocenters. The lowest BCUT2D eigenvalue weighted by Gasteiger charge is -2.21. The van der Waals surface area contributed by atoms with Crippen LogP contribution in [0.3, 0.4) is 0 Å². The van der Waals surface area contributed by atoms with Gasteiger partial charge in [-0.05, 0) is 48.6 Å². The van der Waals surface area contributed by atoms with E-state index in [1.807, 2.05) is 6.07 Å². The average molecular weight is 281 g/mol. The lowest BCUT2D eigenvalue weighted by molar-refractivity contribution is 0.174. The standard InChI is InChI=1S/C18H19NO2/c1-12(14-7-9-17-18(10-14)21-11-20-17)19-16-8-6-13-4-2-3-5-15(13)16/h2-5,7,9-10,12,16,19H,6,8,11H2,1H3. The Morgan fingerprint density at radius 2 is 1.95 bits per heavy atom. The first kappa shape index (κ1) is 12.7. The molecule has 0 radical (unpaired) electrons. The van der Waals surface area contributed by atoms with Crippen LogP contribution in [0.15, 0.2) is 42.5 Å². The Balaban J connectivity index is 1.53. The van der Waals surface area contributed by atoms with Gasteiger partial charge in [-0.2, -0.15) is 0 Å². The molecule has 2 unspecified atom stereocenters. The van der Waals surface area contributed by atoms with Gasteiger partial charge in [0.05, 0.1) is 0 Å². The number of hydrogen-bond donors (Lipinski definition) is 1. The Labute approximate surface area is 124 Å². The molecule has 1 aliphatic heterocycles. The highest BCUT2D eigenvalue weighted by molar-refractivity contribution is 5.45. The molecule has 1 aliphatic carbocycles. The number of fused-ring (bicyclic) bond motifs is 2. The predicted octanol–water partition coefficient (Wildman–Crippen LogP) is 3.75. The summed E-state index contributed by atoms with van der Waals surface area (Å²) in [5.74, 6) is 1.70. The molecule has 0 bridgehead atoms. The molecule has 0 aromatic heterocycles. The zero-order valence-corrected chi connectivity index (χ0v) is 12.1. The topological polar surface area (TPSA) is 30.5 Å². The van der Waals surface area contributed by atoms with E-state index in [4.69, 9.17) is 9.47 Å². The van der Waals surface area contributed by atoms with Crippen molar-refractivity contribution < 1.29 is 9.47 Å². The van der Waals surface area contributed by atoms with Gasteiger partial charge in [0.2, 0.25) is 6.79 Å². The van der Waals surface area contributed by atoms with E-state index in [0.29, 0.717) is 12.8 Å². The lowest BCUT2D eigenvalue weighted by Crippen LogP contribution is -2.22. The zero-order chi connectivity index (χ0) is 14.2. The minimum absolute atomic E-state index is 0.288. The van der Waals surface area contributed by atoms with E-state index in [-0.39, 0.29) is 6.04 Å². The number of nitrogens with one attached hydrogen (secondary N) is 1. The Kier molecular flexibility index (Phi) is 3.08. The van der Waals surface area contributed by atoms with Crippen molar-refractivity contribution in [3.8, 4) is 11.5 Å². The SMILES string of the molecule is CC(NC1CCc2ccccc21)c1ccc2c(c1)OCO2. The van der Waals surface area contributed by atoms with Gasteiger partial charge in [-0.15, -0.1) is 0 Å². The van der Waals surface area contributed by atoms with Crippen molar-refractivity contribution in [1.82, 2.24) is 5.32 Å². The molecule has 2 aliphatic rings. The molecule has 0 saturated carbocycles. The fourth-order valence-electron chi connectivity index (χ4n) is 3.31. The molecule has 3 heteroatoms. The fraction of sp³-hybridized carbons (Fsp3) is 0.333. The van der Waals surface area contributed by atoms with E-state index in [9.17, 15) is 0 Å². The van der Waals surface area contributed by atoms with E-state index in [1.165, 1.54) is 29.5 Å². The molecule has 1 N–H and O–H groups in total. The molecule has 21 heavy (non-hydrogen) atoms. The van der Waals surface area contributed by atoms with Crippen molar-refractivity contribution in [3.63, 3.8) is 0 Å². The van der Waals surface area contributed by atoms with Gasteiger partial charge in [0, 0.05) is 12.1 Å². The van der Waals surface area contributed by atoms with Crippen molar-refractivity contribution in [2.45, 2.75) is 31.8 Å². The van der Waals surface area contributed by atoms with Gasteiger partial charge in [0.1, 0.15) is 0 Å². The second kappa shape index (κ2) is 5.08. The van der Waals surface area contributed by atoms with E-state index < -0.39 is 0 Å². The summed E-state index contributed by atoms with van der Waals surface area (Å²) in [7, 11) is 0. The normalized spacial score (nSPS) is 20.3. The van der Waals surface area contributed by atoms with Crippen molar-refractivity contribution in [3.05, 3.63) is 59.2 Å². The summed E-state index contributed by atoms with van der Waals surface area (Å²) in [5, 5.41) is 3.75. The Morgan fingerprint density at radius 1 is 1.10 bits per heavy atom. The molecule has 2 aromatic rings. The molecular formula is C18H19NO2. The maximum atomic E-state index is 5.47. The summed E-state index contributed by atoms with van der Waals surface area (Å²) in [6.07, 6.45) is 2.34. The van der Waals surface area contributed by atoms with E-state index >= 15 is 0 Å². The van der Waals surface area contributed by atoms with Crippen LogP contribution < -0.4 is 14.8 Å². The van der Waals surface area contributed by atoms with Crippen molar-refractivity contribution >= 4 is 0 Å².